The molecule has 0 aliphatic carbocycles. The zero-order valence-corrected chi connectivity index (χ0v) is 17.0. The van der Waals surface area contributed by atoms with Crippen LogP contribution in [0.15, 0.2) is 59.4 Å². The van der Waals surface area contributed by atoms with Gasteiger partial charge in [0.2, 0.25) is 0 Å². The summed E-state index contributed by atoms with van der Waals surface area (Å²) in [5, 5.41) is 1.90. The van der Waals surface area contributed by atoms with Gasteiger partial charge in [-0.15, -0.1) is 11.3 Å². The van der Waals surface area contributed by atoms with Crippen LogP contribution in [0.4, 0.5) is 4.39 Å². The average Bonchev–Trinajstić information content (AvgIpc) is 3.31. The van der Waals surface area contributed by atoms with Crippen molar-refractivity contribution in [3.8, 4) is 5.75 Å². The Hall–Kier alpha value is -3.26. The fourth-order valence-electron chi connectivity index (χ4n) is 3.32. The third-order valence-corrected chi connectivity index (χ3v) is 5.54. The van der Waals surface area contributed by atoms with E-state index in [1.165, 1.54) is 29.5 Å². The predicted octanol–water partition coefficient (Wildman–Crippen LogP) is 3.46. The van der Waals surface area contributed by atoms with Crippen LogP contribution in [0.3, 0.4) is 0 Å². The maximum Gasteiger partial charge on any atom is 0.257 e. The molecule has 3 aromatic rings. The van der Waals surface area contributed by atoms with E-state index in [1.54, 1.807) is 39.6 Å². The lowest BCUT2D eigenvalue weighted by molar-refractivity contribution is 0.0532. The molecule has 154 valence electrons. The van der Waals surface area contributed by atoms with Gasteiger partial charge in [-0.3, -0.25) is 9.59 Å². The van der Waals surface area contributed by atoms with Crippen molar-refractivity contribution in [3.63, 3.8) is 0 Å². The summed E-state index contributed by atoms with van der Waals surface area (Å²) in [5.41, 5.74) is 3.35. The lowest BCUT2D eigenvalue weighted by atomic mass is 10.1. The molecular formula is C22H20FN3O3S. The van der Waals surface area contributed by atoms with Gasteiger partial charge in [-0.2, -0.15) is 0 Å². The van der Waals surface area contributed by atoms with E-state index in [2.05, 4.69) is 4.98 Å². The first-order valence-electron chi connectivity index (χ1n) is 9.55. The SMILES string of the molecule is O=C(c1cccc(F)c1)N1CCN(C(=O)c2ccccc2OCc2cscn2)CC1. The zero-order valence-electron chi connectivity index (χ0n) is 16.2. The third kappa shape index (κ3) is 4.49. The number of halogens is 1. The molecule has 0 saturated carbocycles. The molecule has 1 saturated heterocycles. The summed E-state index contributed by atoms with van der Waals surface area (Å²) in [4.78, 5) is 33.2. The number of thiazole rings is 1. The fourth-order valence-corrected chi connectivity index (χ4v) is 3.86. The largest absolute Gasteiger partial charge is 0.486 e. The molecule has 2 amide bonds. The Morgan fingerprint density at radius 3 is 2.43 bits per heavy atom. The minimum Gasteiger partial charge on any atom is -0.486 e. The third-order valence-electron chi connectivity index (χ3n) is 4.90. The van der Waals surface area contributed by atoms with Gasteiger partial charge in [0.1, 0.15) is 18.2 Å². The standard InChI is InChI=1S/C22H20FN3O3S/c23-17-5-3-4-16(12-17)21(27)25-8-10-26(11-9-25)22(28)19-6-1-2-7-20(19)29-13-18-14-30-15-24-18/h1-7,12,14-15H,8-11,13H2. The van der Waals surface area contributed by atoms with Gasteiger partial charge in [0.25, 0.3) is 11.8 Å². The molecular weight excluding hydrogens is 405 g/mol. The van der Waals surface area contributed by atoms with Crippen LogP contribution >= 0.6 is 11.3 Å². The minimum absolute atomic E-state index is 0.137. The van der Waals surface area contributed by atoms with Crippen LogP contribution in [-0.4, -0.2) is 52.8 Å². The van der Waals surface area contributed by atoms with E-state index in [-0.39, 0.29) is 11.8 Å². The lowest BCUT2D eigenvalue weighted by Gasteiger charge is -2.35. The van der Waals surface area contributed by atoms with Gasteiger partial charge in [-0.25, -0.2) is 9.37 Å². The smallest absolute Gasteiger partial charge is 0.257 e. The molecule has 2 heterocycles. The Morgan fingerprint density at radius 1 is 1.00 bits per heavy atom. The van der Waals surface area contributed by atoms with Gasteiger partial charge in [0, 0.05) is 37.1 Å². The van der Waals surface area contributed by atoms with Gasteiger partial charge in [-0.1, -0.05) is 18.2 Å². The summed E-state index contributed by atoms with van der Waals surface area (Å²) >= 11 is 1.49. The van der Waals surface area contributed by atoms with E-state index in [1.807, 2.05) is 11.4 Å². The average molecular weight is 425 g/mol. The van der Waals surface area contributed by atoms with E-state index in [0.717, 1.165) is 5.69 Å². The van der Waals surface area contributed by atoms with E-state index >= 15 is 0 Å². The highest BCUT2D eigenvalue weighted by molar-refractivity contribution is 7.07. The molecule has 0 spiro atoms. The molecule has 0 bridgehead atoms. The van der Waals surface area contributed by atoms with Crippen LogP contribution in [0.2, 0.25) is 0 Å². The molecule has 0 radical (unpaired) electrons. The molecule has 30 heavy (non-hydrogen) atoms. The number of hydrogen-bond donors (Lipinski definition) is 0. The van der Waals surface area contributed by atoms with Crippen molar-refractivity contribution >= 4 is 23.2 Å². The van der Waals surface area contributed by atoms with Crippen LogP contribution in [0.1, 0.15) is 26.4 Å². The van der Waals surface area contributed by atoms with Crippen LogP contribution < -0.4 is 4.74 Å². The minimum atomic E-state index is -0.441. The molecule has 4 rings (SSSR count). The van der Waals surface area contributed by atoms with Gasteiger partial charge >= 0.3 is 0 Å². The van der Waals surface area contributed by atoms with Crippen LogP contribution in [0.25, 0.3) is 0 Å². The number of aromatic nitrogens is 1. The van der Waals surface area contributed by atoms with Crippen molar-refractivity contribution in [1.82, 2.24) is 14.8 Å². The van der Waals surface area contributed by atoms with Crippen LogP contribution in [-0.2, 0) is 6.61 Å². The van der Waals surface area contributed by atoms with Gasteiger partial charge in [-0.05, 0) is 30.3 Å². The first-order chi connectivity index (χ1) is 14.6. The molecule has 8 heteroatoms. The summed E-state index contributed by atoms with van der Waals surface area (Å²) < 4.78 is 19.2. The van der Waals surface area contributed by atoms with E-state index in [0.29, 0.717) is 49.7 Å². The number of hydrogen-bond acceptors (Lipinski definition) is 5. The molecule has 0 atom stereocenters. The molecule has 6 nitrogen and oxygen atoms in total. The van der Waals surface area contributed by atoms with E-state index in [4.69, 9.17) is 4.74 Å². The van der Waals surface area contributed by atoms with Gasteiger partial charge < -0.3 is 14.5 Å². The Balaban J connectivity index is 1.39. The second-order valence-electron chi connectivity index (χ2n) is 6.86. The number of para-hydroxylation sites is 1. The molecule has 2 aromatic carbocycles. The number of benzene rings is 2. The number of nitrogens with zero attached hydrogens (tertiary/aromatic N) is 3. The number of carbonyl (C=O) groups is 2. The van der Waals surface area contributed by atoms with Gasteiger partial charge in [0.05, 0.1) is 16.8 Å². The molecule has 0 unspecified atom stereocenters. The highest BCUT2D eigenvalue weighted by atomic mass is 32.1. The van der Waals surface area contributed by atoms with Crippen molar-refractivity contribution in [3.05, 3.63) is 82.1 Å². The van der Waals surface area contributed by atoms with Gasteiger partial charge in [0.15, 0.2) is 0 Å². The van der Waals surface area contributed by atoms with E-state index < -0.39 is 5.82 Å². The second-order valence-corrected chi connectivity index (χ2v) is 7.58. The highest BCUT2D eigenvalue weighted by Crippen LogP contribution is 2.22. The first-order valence-corrected chi connectivity index (χ1v) is 10.5. The molecule has 0 N–H and O–H groups in total. The summed E-state index contributed by atoms with van der Waals surface area (Å²) in [5.74, 6) is -0.298. The molecule has 1 aliphatic heterocycles. The lowest BCUT2D eigenvalue weighted by Crippen LogP contribution is -2.50. The Bertz CT molecular complexity index is 1030. The van der Waals surface area contributed by atoms with Crippen molar-refractivity contribution in [2.45, 2.75) is 6.61 Å². The Kier molecular flexibility index (Phi) is 6.04. The summed E-state index contributed by atoms with van der Waals surface area (Å²) in [7, 11) is 0. The Labute approximate surface area is 177 Å². The molecule has 1 fully saturated rings. The quantitative estimate of drug-likeness (QED) is 0.628. The zero-order chi connectivity index (χ0) is 20.9. The maximum atomic E-state index is 13.4. The topological polar surface area (TPSA) is 62.7 Å². The van der Waals surface area contributed by atoms with Crippen LogP contribution in [0.5, 0.6) is 5.75 Å². The normalized spacial score (nSPS) is 13.9. The highest BCUT2D eigenvalue weighted by Gasteiger charge is 2.27. The summed E-state index contributed by atoms with van der Waals surface area (Å²) in [6, 6.07) is 12.8. The number of ether oxygens (including phenoxy) is 1. The van der Waals surface area contributed by atoms with Crippen molar-refractivity contribution in [2.75, 3.05) is 26.2 Å². The van der Waals surface area contributed by atoms with Crippen molar-refractivity contribution in [1.29, 1.82) is 0 Å². The maximum absolute atomic E-state index is 13.4. The summed E-state index contributed by atoms with van der Waals surface area (Å²) in [6.45, 7) is 1.89. The number of rotatable bonds is 5. The van der Waals surface area contributed by atoms with E-state index in [9.17, 15) is 14.0 Å². The van der Waals surface area contributed by atoms with Crippen molar-refractivity contribution < 1.29 is 18.7 Å². The van der Waals surface area contributed by atoms with Crippen molar-refractivity contribution in [2.24, 2.45) is 0 Å². The van der Waals surface area contributed by atoms with Crippen LogP contribution in [0, 0.1) is 5.82 Å². The monoisotopic (exact) mass is 425 g/mol. The number of amides is 2. The number of carbonyl (C=O) groups excluding carboxylic acids is 2. The summed E-state index contributed by atoms with van der Waals surface area (Å²) in [6.07, 6.45) is 0. The first kappa shape index (κ1) is 20.0. The number of piperazine rings is 1. The fraction of sp³-hybridized carbons (Fsp3) is 0.227. The molecule has 1 aromatic heterocycles. The second kappa shape index (κ2) is 9.04. The molecule has 1 aliphatic rings. The predicted molar refractivity (Wildman–Crippen MR) is 111 cm³/mol. The Morgan fingerprint density at radius 2 is 1.73 bits per heavy atom.